The zero-order chi connectivity index (χ0) is 23.6. The number of rotatable bonds is 10. The van der Waals surface area contributed by atoms with Crippen LogP contribution < -0.4 is 11.1 Å². The van der Waals surface area contributed by atoms with Crippen molar-refractivity contribution in [2.75, 3.05) is 20.3 Å². The fraction of sp³-hybridized carbons (Fsp3) is 0.400. The molecule has 1 fully saturated rings. The molecule has 0 saturated carbocycles. The molecule has 2 aromatic carbocycles. The van der Waals surface area contributed by atoms with Crippen LogP contribution in [0.5, 0.6) is 0 Å². The van der Waals surface area contributed by atoms with E-state index in [0.29, 0.717) is 32.4 Å². The Hall–Kier alpha value is -3.23. The van der Waals surface area contributed by atoms with E-state index in [9.17, 15) is 14.4 Å². The molecule has 8 heteroatoms. The van der Waals surface area contributed by atoms with Crippen molar-refractivity contribution in [2.45, 2.75) is 44.0 Å². The summed E-state index contributed by atoms with van der Waals surface area (Å²) in [6.07, 6.45) is 1.49. The lowest BCUT2D eigenvalue weighted by atomic mass is 10.1. The quantitative estimate of drug-likeness (QED) is 0.527. The van der Waals surface area contributed by atoms with Crippen molar-refractivity contribution in [3.05, 3.63) is 71.8 Å². The van der Waals surface area contributed by atoms with Crippen molar-refractivity contribution in [1.82, 2.24) is 10.2 Å². The van der Waals surface area contributed by atoms with Gasteiger partial charge in [-0.25, -0.2) is 4.79 Å². The number of amides is 2. The van der Waals surface area contributed by atoms with Crippen molar-refractivity contribution in [2.24, 2.45) is 5.73 Å². The fourth-order valence-corrected chi connectivity index (χ4v) is 3.92. The Balaban J connectivity index is 1.57. The van der Waals surface area contributed by atoms with Gasteiger partial charge in [0, 0.05) is 13.0 Å². The molecule has 2 amide bonds. The second-order valence-corrected chi connectivity index (χ2v) is 8.07. The van der Waals surface area contributed by atoms with Crippen LogP contribution in [-0.4, -0.2) is 61.1 Å². The highest BCUT2D eigenvalue weighted by Crippen LogP contribution is 2.19. The molecule has 2 aromatic rings. The molecule has 3 N–H and O–H groups in total. The largest absolute Gasteiger partial charge is 0.467 e. The van der Waals surface area contributed by atoms with Gasteiger partial charge in [-0.15, -0.1) is 0 Å². The number of nitrogens with one attached hydrogen (secondary N) is 1. The molecule has 0 radical (unpaired) electrons. The average molecular weight is 454 g/mol. The summed E-state index contributed by atoms with van der Waals surface area (Å²) in [6.45, 7) is 0.842. The molecule has 1 saturated heterocycles. The molecule has 0 aliphatic carbocycles. The minimum Gasteiger partial charge on any atom is -0.467 e. The lowest BCUT2D eigenvalue weighted by Crippen LogP contribution is -2.55. The number of benzene rings is 2. The van der Waals surface area contributed by atoms with Crippen molar-refractivity contribution in [3.8, 4) is 0 Å². The van der Waals surface area contributed by atoms with Gasteiger partial charge in [-0.2, -0.15) is 0 Å². The second kappa shape index (κ2) is 12.1. The van der Waals surface area contributed by atoms with E-state index in [1.165, 1.54) is 12.0 Å². The predicted molar refractivity (Wildman–Crippen MR) is 123 cm³/mol. The van der Waals surface area contributed by atoms with Crippen molar-refractivity contribution in [3.63, 3.8) is 0 Å². The lowest BCUT2D eigenvalue weighted by Gasteiger charge is -2.28. The van der Waals surface area contributed by atoms with Gasteiger partial charge in [0.05, 0.1) is 20.3 Å². The van der Waals surface area contributed by atoms with Crippen molar-refractivity contribution < 1.29 is 23.9 Å². The van der Waals surface area contributed by atoms with Crippen LogP contribution in [0.1, 0.15) is 24.0 Å². The summed E-state index contributed by atoms with van der Waals surface area (Å²) in [5.41, 5.74) is 7.96. The first-order valence-corrected chi connectivity index (χ1v) is 11.1. The molecule has 8 nitrogen and oxygen atoms in total. The molecule has 1 aliphatic rings. The van der Waals surface area contributed by atoms with Crippen LogP contribution in [0.25, 0.3) is 0 Å². The number of nitrogens with zero attached hydrogens (tertiary/aromatic N) is 1. The van der Waals surface area contributed by atoms with Gasteiger partial charge in [-0.1, -0.05) is 60.7 Å². The van der Waals surface area contributed by atoms with Gasteiger partial charge in [0.2, 0.25) is 11.8 Å². The average Bonchev–Trinajstić information content (AvgIpc) is 3.34. The molecule has 1 aliphatic heterocycles. The number of hydrogen-bond acceptors (Lipinski definition) is 6. The standard InChI is InChI=1S/C25H31N3O5/c1-32-25(31)21(15-18-9-4-2-5-10-18)27-23(29)22-13-8-14-28(22)24(30)20(26)17-33-16-19-11-6-3-7-12-19/h2-7,9-12,20-22H,8,13-17,26H2,1H3,(H,27,29). The third-order valence-electron chi connectivity index (χ3n) is 5.65. The van der Waals surface area contributed by atoms with Gasteiger partial charge in [-0.3, -0.25) is 9.59 Å². The van der Waals surface area contributed by atoms with Crippen LogP contribution in [-0.2, 0) is 36.9 Å². The van der Waals surface area contributed by atoms with Crippen LogP contribution in [0.3, 0.4) is 0 Å². The molecule has 0 bridgehead atoms. The van der Waals surface area contributed by atoms with Crippen LogP contribution in [0, 0.1) is 0 Å². The zero-order valence-electron chi connectivity index (χ0n) is 18.8. The van der Waals surface area contributed by atoms with Gasteiger partial charge < -0.3 is 25.4 Å². The Bertz CT molecular complexity index is 922. The molecular weight excluding hydrogens is 422 g/mol. The van der Waals surface area contributed by atoms with Crippen molar-refractivity contribution in [1.29, 1.82) is 0 Å². The number of carbonyl (C=O) groups excluding carboxylic acids is 3. The molecule has 1 heterocycles. The van der Waals surface area contributed by atoms with E-state index >= 15 is 0 Å². The summed E-state index contributed by atoms with van der Waals surface area (Å²) < 4.78 is 10.5. The maximum Gasteiger partial charge on any atom is 0.328 e. The van der Waals surface area contributed by atoms with E-state index < -0.39 is 24.1 Å². The number of carbonyl (C=O) groups is 3. The molecule has 176 valence electrons. The van der Waals surface area contributed by atoms with Crippen molar-refractivity contribution >= 4 is 17.8 Å². The first-order chi connectivity index (χ1) is 16.0. The fourth-order valence-electron chi connectivity index (χ4n) is 3.92. The lowest BCUT2D eigenvalue weighted by molar-refractivity contribution is -0.146. The maximum absolute atomic E-state index is 13.0. The maximum atomic E-state index is 13.0. The normalized spacial score (nSPS) is 17.3. The van der Waals surface area contributed by atoms with Gasteiger partial charge >= 0.3 is 5.97 Å². The summed E-state index contributed by atoms with van der Waals surface area (Å²) in [6, 6.07) is 16.6. The SMILES string of the molecule is COC(=O)C(Cc1ccccc1)NC(=O)C1CCCN1C(=O)C(N)COCc1ccccc1. The van der Waals surface area contributed by atoms with Gasteiger partial charge in [0.25, 0.3) is 0 Å². The van der Waals surface area contributed by atoms with Crippen LogP contribution in [0.2, 0.25) is 0 Å². The summed E-state index contributed by atoms with van der Waals surface area (Å²) >= 11 is 0. The Labute approximate surface area is 194 Å². The number of methoxy groups -OCH3 is 1. The molecule has 0 aromatic heterocycles. The predicted octanol–water partition coefficient (Wildman–Crippen LogP) is 1.42. The number of likely N-dealkylation sites (tertiary alicyclic amines) is 1. The van der Waals surface area contributed by atoms with E-state index in [2.05, 4.69) is 5.32 Å². The summed E-state index contributed by atoms with van der Waals surface area (Å²) in [4.78, 5) is 39.7. The zero-order valence-corrected chi connectivity index (χ0v) is 18.8. The molecule has 3 rings (SSSR count). The minimum atomic E-state index is -0.872. The molecule has 0 spiro atoms. The molecule has 3 atom stereocenters. The number of nitrogens with two attached hydrogens (primary N) is 1. The summed E-state index contributed by atoms with van der Waals surface area (Å²) in [5, 5.41) is 2.77. The summed E-state index contributed by atoms with van der Waals surface area (Å²) in [7, 11) is 1.28. The smallest absolute Gasteiger partial charge is 0.328 e. The highest BCUT2D eigenvalue weighted by Gasteiger charge is 2.37. The minimum absolute atomic E-state index is 0.0529. The third-order valence-corrected chi connectivity index (χ3v) is 5.65. The summed E-state index contributed by atoms with van der Waals surface area (Å²) in [5.74, 6) is -1.25. The molecule has 3 unspecified atom stereocenters. The Morgan fingerprint density at radius 3 is 2.33 bits per heavy atom. The first-order valence-electron chi connectivity index (χ1n) is 11.1. The third kappa shape index (κ3) is 6.87. The van der Waals surface area contributed by atoms with Gasteiger partial charge in [-0.05, 0) is 24.0 Å². The monoisotopic (exact) mass is 453 g/mol. The van der Waals surface area contributed by atoms with Crippen LogP contribution in [0.15, 0.2) is 60.7 Å². The Kier molecular flexibility index (Phi) is 8.97. The molecule has 33 heavy (non-hydrogen) atoms. The van der Waals surface area contributed by atoms with Gasteiger partial charge in [0.15, 0.2) is 0 Å². The van der Waals surface area contributed by atoms with Crippen LogP contribution >= 0.6 is 0 Å². The second-order valence-electron chi connectivity index (χ2n) is 8.07. The topological polar surface area (TPSA) is 111 Å². The molecular formula is C25H31N3O5. The first kappa shape index (κ1) is 24.4. The Morgan fingerprint density at radius 2 is 1.70 bits per heavy atom. The van der Waals surface area contributed by atoms with Crippen LogP contribution in [0.4, 0.5) is 0 Å². The van der Waals surface area contributed by atoms with E-state index in [4.69, 9.17) is 15.2 Å². The Morgan fingerprint density at radius 1 is 1.06 bits per heavy atom. The van der Waals surface area contributed by atoms with Gasteiger partial charge in [0.1, 0.15) is 18.1 Å². The van der Waals surface area contributed by atoms with E-state index in [0.717, 1.165) is 11.1 Å². The van der Waals surface area contributed by atoms with E-state index in [-0.39, 0.29) is 18.4 Å². The number of hydrogen-bond donors (Lipinski definition) is 2. The van der Waals surface area contributed by atoms with E-state index in [1.807, 2.05) is 60.7 Å². The highest BCUT2D eigenvalue weighted by atomic mass is 16.5. The number of ether oxygens (including phenoxy) is 2. The highest BCUT2D eigenvalue weighted by molar-refractivity contribution is 5.92. The van der Waals surface area contributed by atoms with E-state index in [1.54, 1.807) is 0 Å². The number of esters is 1.